The van der Waals surface area contributed by atoms with Crippen LogP contribution in [0.25, 0.3) is 5.65 Å². The summed E-state index contributed by atoms with van der Waals surface area (Å²) in [5, 5.41) is 2.60. The maximum absolute atomic E-state index is 12.9. The third-order valence-electron chi connectivity index (χ3n) is 5.66. The monoisotopic (exact) mass is 432 g/mol. The molecule has 1 aliphatic heterocycles. The van der Waals surface area contributed by atoms with Crippen LogP contribution in [0.3, 0.4) is 0 Å². The number of amides is 1. The van der Waals surface area contributed by atoms with Crippen LogP contribution in [0.5, 0.6) is 5.75 Å². The molecule has 1 amide bonds. The minimum Gasteiger partial charge on any atom is -0.490 e. The van der Waals surface area contributed by atoms with Gasteiger partial charge in [-0.2, -0.15) is 13.2 Å². The minimum absolute atomic E-state index is 0.329. The second kappa shape index (κ2) is 7.23. The predicted octanol–water partition coefficient (Wildman–Crippen LogP) is 3.76. The van der Waals surface area contributed by atoms with Gasteiger partial charge in [0.05, 0.1) is 31.2 Å². The van der Waals surface area contributed by atoms with Crippen LogP contribution in [0.1, 0.15) is 34.7 Å². The lowest BCUT2D eigenvalue weighted by Crippen LogP contribution is -2.17. The van der Waals surface area contributed by atoms with Crippen molar-refractivity contribution in [2.45, 2.75) is 19.0 Å². The van der Waals surface area contributed by atoms with Crippen molar-refractivity contribution in [1.29, 1.82) is 0 Å². The topological polar surface area (TPSA) is 77.8 Å². The van der Waals surface area contributed by atoms with Gasteiger partial charge in [0.25, 0.3) is 5.91 Å². The molecule has 0 unspecified atom stereocenters. The van der Waals surface area contributed by atoms with Gasteiger partial charge in [0, 0.05) is 24.4 Å². The molecule has 3 aromatic heterocycles. The molecule has 0 spiro atoms. The van der Waals surface area contributed by atoms with E-state index in [4.69, 9.17) is 14.5 Å². The highest BCUT2D eigenvalue weighted by Crippen LogP contribution is 2.57. The molecule has 7 nitrogen and oxygen atoms in total. The fourth-order valence-corrected chi connectivity index (χ4v) is 4.17. The average Bonchev–Trinajstić information content (AvgIpc) is 3.07. The Labute approximate surface area is 175 Å². The molecule has 2 fully saturated rings. The highest BCUT2D eigenvalue weighted by atomic mass is 19.4. The molecule has 162 valence electrons. The number of fused-ring (bicyclic) bond motifs is 2. The van der Waals surface area contributed by atoms with Crippen LogP contribution in [0.4, 0.5) is 18.9 Å². The van der Waals surface area contributed by atoms with E-state index in [1.165, 1.54) is 6.07 Å². The lowest BCUT2D eigenvalue weighted by molar-refractivity contribution is -0.141. The molecule has 3 aromatic rings. The SMILES string of the molecule is CCOc1cc(NC(=O)c2cccc(C(F)(F)F)n2)cn2cc([C@H]3[C@@H]4COC[C@@H]43)nc12. The molecule has 4 heterocycles. The van der Waals surface area contributed by atoms with Crippen LogP contribution in [0, 0.1) is 11.8 Å². The van der Waals surface area contributed by atoms with Crippen molar-refractivity contribution in [1.82, 2.24) is 14.4 Å². The standard InChI is InChI=1S/C21H19F3N4O3/c1-2-31-16-6-11(25-20(29)14-4-3-5-17(26-14)21(22,23)24)7-28-8-15(27-19(16)28)18-12-9-30-10-13(12)18/h3-8,12-13,18H,2,9-10H2,1H3,(H,25,29)/t12-,13+,18+. The summed E-state index contributed by atoms with van der Waals surface area (Å²) in [6.07, 6.45) is -1.07. The summed E-state index contributed by atoms with van der Waals surface area (Å²) >= 11 is 0. The largest absolute Gasteiger partial charge is 0.490 e. The van der Waals surface area contributed by atoms with Gasteiger partial charge in [0.2, 0.25) is 0 Å². The van der Waals surface area contributed by atoms with Crippen LogP contribution in [-0.4, -0.2) is 40.1 Å². The number of ether oxygens (including phenoxy) is 2. The number of halogens is 3. The fraction of sp³-hybridized carbons (Fsp3) is 0.381. The van der Waals surface area contributed by atoms with Crippen LogP contribution >= 0.6 is 0 Å². The van der Waals surface area contributed by atoms with Crippen molar-refractivity contribution < 1.29 is 27.4 Å². The second-order valence-corrected chi connectivity index (χ2v) is 7.67. The van der Waals surface area contributed by atoms with Gasteiger partial charge in [-0.3, -0.25) is 4.79 Å². The molecule has 31 heavy (non-hydrogen) atoms. The first kappa shape index (κ1) is 19.8. The Kier molecular flexibility index (Phi) is 4.62. The van der Waals surface area contributed by atoms with E-state index >= 15 is 0 Å². The maximum Gasteiger partial charge on any atom is 0.433 e. The van der Waals surface area contributed by atoms with Crippen molar-refractivity contribution in [2.24, 2.45) is 11.8 Å². The summed E-state index contributed by atoms with van der Waals surface area (Å²) < 4.78 is 51.6. The van der Waals surface area contributed by atoms with E-state index in [1.807, 2.05) is 13.1 Å². The van der Waals surface area contributed by atoms with Gasteiger partial charge in [-0.1, -0.05) is 6.07 Å². The van der Waals surface area contributed by atoms with Crippen molar-refractivity contribution in [3.05, 3.63) is 53.7 Å². The summed E-state index contributed by atoms with van der Waals surface area (Å²) in [7, 11) is 0. The second-order valence-electron chi connectivity index (χ2n) is 7.67. The summed E-state index contributed by atoms with van der Waals surface area (Å²) in [5.41, 5.74) is 0.484. The number of nitrogens with one attached hydrogen (secondary N) is 1. The van der Waals surface area contributed by atoms with Gasteiger partial charge in [0.15, 0.2) is 11.4 Å². The van der Waals surface area contributed by atoms with Gasteiger partial charge < -0.3 is 19.2 Å². The van der Waals surface area contributed by atoms with Crippen LogP contribution in [0.15, 0.2) is 36.7 Å². The van der Waals surface area contributed by atoms with E-state index in [-0.39, 0.29) is 5.69 Å². The molecule has 0 aromatic carbocycles. The molecule has 0 bridgehead atoms. The zero-order valence-corrected chi connectivity index (χ0v) is 16.5. The van der Waals surface area contributed by atoms with Crippen molar-refractivity contribution >= 4 is 17.2 Å². The predicted molar refractivity (Wildman–Crippen MR) is 104 cm³/mol. The highest BCUT2D eigenvalue weighted by Gasteiger charge is 2.55. The molecule has 3 atom stereocenters. The molecule has 1 saturated carbocycles. The summed E-state index contributed by atoms with van der Waals surface area (Å²) in [5.74, 6) is 1.07. The van der Waals surface area contributed by atoms with E-state index in [0.717, 1.165) is 31.0 Å². The Morgan fingerprint density at radius 1 is 1.26 bits per heavy atom. The molecular weight excluding hydrogens is 413 g/mol. The number of imidazole rings is 1. The van der Waals surface area contributed by atoms with Gasteiger partial charge in [0.1, 0.15) is 11.4 Å². The summed E-state index contributed by atoms with van der Waals surface area (Å²) in [4.78, 5) is 20.7. The van der Waals surface area contributed by atoms with Crippen molar-refractivity contribution in [2.75, 3.05) is 25.1 Å². The van der Waals surface area contributed by atoms with E-state index < -0.39 is 17.8 Å². The average molecular weight is 432 g/mol. The van der Waals surface area contributed by atoms with Gasteiger partial charge in [-0.15, -0.1) is 0 Å². The van der Waals surface area contributed by atoms with E-state index in [9.17, 15) is 18.0 Å². The highest BCUT2D eigenvalue weighted by molar-refractivity contribution is 6.03. The number of hydrogen-bond acceptors (Lipinski definition) is 5. The quantitative estimate of drug-likeness (QED) is 0.664. The normalized spacial score (nSPS) is 22.4. The van der Waals surface area contributed by atoms with E-state index in [2.05, 4.69) is 10.3 Å². The van der Waals surface area contributed by atoms with E-state index in [0.29, 0.717) is 41.4 Å². The Morgan fingerprint density at radius 3 is 2.74 bits per heavy atom. The molecular formula is C21H19F3N4O3. The summed E-state index contributed by atoms with van der Waals surface area (Å²) in [6, 6.07) is 4.81. The number of alkyl halides is 3. The van der Waals surface area contributed by atoms with Crippen LogP contribution in [-0.2, 0) is 10.9 Å². The Bertz CT molecular complexity index is 1150. The molecule has 1 N–H and O–H groups in total. The number of hydrogen-bond donors (Lipinski definition) is 1. The third-order valence-corrected chi connectivity index (χ3v) is 5.66. The first-order chi connectivity index (χ1) is 14.8. The summed E-state index contributed by atoms with van der Waals surface area (Å²) in [6.45, 7) is 3.72. The number of anilines is 1. The zero-order valence-electron chi connectivity index (χ0n) is 16.5. The maximum atomic E-state index is 12.9. The first-order valence-electron chi connectivity index (χ1n) is 9.94. The fourth-order valence-electron chi connectivity index (χ4n) is 4.17. The molecule has 2 aliphatic rings. The Morgan fingerprint density at radius 2 is 2.03 bits per heavy atom. The lowest BCUT2D eigenvalue weighted by Gasteiger charge is -2.11. The zero-order chi connectivity index (χ0) is 21.8. The number of carbonyl (C=O) groups excluding carboxylic acids is 1. The molecule has 1 aliphatic carbocycles. The first-order valence-corrected chi connectivity index (χ1v) is 9.94. The van der Waals surface area contributed by atoms with Gasteiger partial charge >= 0.3 is 6.18 Å². The minimum atomic E-state index is -4.63. The van der Waals surface area contributed by atoms with Gasteiger partial charge in [-0.05, 0) is 30.9 Å². The number of aromatic nitrogens is 3. The molecule has 1 saturated heterocycles. The number of pyridine rings is 2. The number of rotatable bonds is 5. The smallest absolute Gasteiger partial charge is 0.433 e. The van der Waals surface area contributed by atoms with Crippen LogP contribution < -0.4 is 10.1 Å². The Hall–Kier alpha value is -3.14. The van der Waals surface area contributed by atoms with Crippen molar-refractivity contribution in [3.8, 4) is 5.75 Å². The third kappa shape index (κ3) is 3.60. The lowest BCUT2D eigenvalue weighted by atomic mass is 10.2. The molecule has 10 heteroatoms. The number of nitrogens with zero attached hydrogens (tertiary/aromatic N) is 3. The van der Waals surface area contributed by atoms with Crippen molar-refractivity contribution in [3.63, 3.8) is 0 Å². The van der Waals surface area contributed by atoms with Gasteiger partial charge in [-0.25, -0.2) is 9.97 Å². The Balaban J connectivity index is 1.44. The number of carbonyl (C=O) groups is 1. The van der Waals surface area contributed by atoms with E-state index in [1.54, 1.807) is 16.7 Å². The molecule has 5 rings (SSSR count). The molecule has 0 radical (unpaired) electrons. The van der Waals surface area contributed by atoms with Crippen LogP contribution in [0.2, 0.25) is 0 Å².